The van der Waals surface area contributed by atoms with Gasteiger partial charge >= 0.3 is 0 Å². The maximum absolute atomic E-state index is 5.92. The van der Waals surface area contributed by atoms with Gasteiger partial charge in [0.1, 0.15) is 0 Å². The number of piperazine rings is 1. The second-order valence-electron chi connectivity index (χ2n) is 5.75. The van der Waals surface area contributed by atoms with Crippen molar-refractivity contribution in [1.82, 2.24) is 9.80 Å². The largest absolute Gasteiger partial charge is 0.329 e. The Labute approximate surface area is 110 Å². The van der Waals surface area contributed by atoms with Crippen LogP contribution in [0.5, 0.6) is 0 Å². The van der Waals surface area contributed by atoms with Crippen molar-refractivity contribution in [3.63, 3.8) is 0 Å². The summed E-state index contributed by atoms with van der Waals surface area (Å²) in [6.45, 7) is 5.41. The van der Waals surface area contributed by atoms with Gasteiger partial charge in [-0.1, -0.05) is 24.3 Å². The molecule has 0 amide bonds. The molecule has 1 fully saturated rings. The molecule has 1 aromatic rings. The fourth-order valence-electron chi connectivity index (χ4n) is 3.32. The average molecular weight is 245 g/mol. The molecule has 3 rings (SSSR count). The van der Waals surface area contributed by atoms with Crippen LogP contribution in [0.1, 0.15) is 17.0 Å². The van der Waals surface area contributed by atoms with E-state index in [1.165, 1.54) is 19.5 Å². The molecule has 1 aliphatic carbocycles. The molecule has 18 heavy (non-hydrogen) atoms. The van der Waals surface area contributed by atoms with Crippen LogP contribution in [0.15, 0.2) is 24.3 Å². The third-order valence-electron chi connectivity index (χ3n) is 4.50. The molecule has 1 aliphatic heterocycles. The first-order valence-corrected chi connectivity index (χ1v) is 6.98. The van der Waals surface area contributed by atoms with Gasteiger partial charge in [-0.25, -0.2) is 0 Å². The van der Waals surface area contributed by atoms with E-state index in [-0.39, 0.29) is 0 Å². The number of rotatable bonds is 3. The molecular formula is C15H23N3. The number of likely N-dealkylation sites (N-methyl/N-ethyl adjacent to an activating group) is 1. The molecule has 1 aromatic carbocycles. The molecule has 2 N–H and O–H groups in total. The predicted molar refractivity (Wildman–Crippen MR) is 74.8 cm³/mol. The van der Waals surface area contributed by atoms with Crippen LogP contribution in [0.4, 0.5) is 0 Å². The van der Waals surface area contributed by atoms with Gasteiger partial charge in [0, 0.05) is 44.7 Å². The smallest absolute Gasteiger partial charge is 0.0346 e. The van der Waals surface area contributed by atoms with Gasteiger partial charge in [-0.15, -0.1) is 0 Å². The summed E-state index contributed by atoms with van der Waals surface area (Å²) in [4.78, 5) is 4.99. The van der Waals surface area contributed by atoms with Gasteiger partial charge in [0.15, 0.2) is 0 Å². The Morgan fingerprint density at radius 3 is 2.89 bits per heavy atom. The van der Waals surface area contributed by atoms with Crippen LogP contribution in [0.2, 0.25) is 0 Å². The van der Waals surface area contributed by atoms with Gasteiger partial charge < -0.3 is 10.6 Å². The molecule has 0 saturated carbocycles. The number of nitrogens with zero attached hydrogens (tertiary/aromatic N) is 2. The van der Waals surface area contributed by atoms with E-state index in [0.29, 0.717) is 6.04 Å². The molecule has 3 nitrogen and oxygen atoms in total. The van der Waals surface area contributed by atoms with Crippen LogP contribution >= 0.6 is 0 Å². The minimum Gasteiger partial charge on any atom is -0.329 e. The number of hydrogen-bond acceptors (Lipinski definition) is 3. The molecule has 0 spiro atoms. The molecule has 3 heteroatoms. The highest BCUT2D eigenvalue weighted by Crippen LogP contribution is 2.35. The Bertz CT molecular complexity index is 418. The first-order chi connectivity index (χ1) is 8.78. The molecule has 1 saturated heterocycles. The van der Waals surface area contributed by atoms with Crippen molar-refractivity contribution in [3.8, 4) is 0 Å². The van der Waals surface area contributed by atoms with E-state index < -0.39 is 0 Å². The molecular weight excluding hydrogens is 222 g/mol. The molecule has 1 heterocycles. The summed E-state index contributed by atoms with van der Waals surface area (Å²) in [5.41, 5.74) is 9.02. The summed E-state index contributed by atoms with van der Waals surface area (Å²) >= 11 is 0. The number of nitrogens with two attached hydrogens (primary N) is 1. The standard InChI is InChI=1S/C15H23N3/c1-17-6-7-18(14(9-16)11-17)10-13-8-12-4-2-3-5-15(12)13/h2-5,13-14H,6-11,16H2,1H3. The molecule has 0 radical (unpaired) electrons. The highest BCUT2D eigenvalue weighted by Gasteiger charge is 2.31. The van der Waals surface area contributed by atoms with Crippen molar-refractivity contribution in [2.45, 2.75) is 18.4 Å². The highest BCUT2D eigenvalue weighted by molar-refractivity contribution is 5.40. The minimum absolute atomic E-state index is 0.538. The van der Waals surface area contributed by atoms with Crippen LogP contribution < -0.4 is 5.73 Å². The second kappa shape index (κ2) is 5.00. The lowest BCUT2D eigenvalue weighted by atomic mass is 9.77. The van der Waals surface area contributed by atoms with Gasteiger partial charge in [0.25, 0.3) is 0 Å². The summed E-state index contributed by atoms with van der Waals surface area (Å²) in [7, 11) is 2.19. The monoisotopic (exact) mass is 245 g/mol. The van der Waals surface area contributed by atoms with Crippen molar-refractivity contribution in [1.29, 1.82) is 0 Å². The highest BCUT2D eigenvalue weighted by atomic mass is 15.3. The number of hydrogen-bond donors (Lipinski definition) is 1. The van der Waals surface area contributed by atoms with Gasteiger partial charge in [-0.05, 0) is 24.6 Å². The van der Waals surface area contributed by atoms with Crippen LogP contribution in [-0.2, 0) is 6.42 Å². The summed E-state index contributed by atoms with van der Waals surface area (Å²) in [5, 5.41) is 0. The SMILES string of the molecule is CN1CCN(CC2Cc3ccccc32)C(CN)C1. The lowest BCUT2D eigenvalue weighted by molar-refractivity contribution is 0.0862. The zero-order valence-corrected chi connectivity index (χ0v) is 11.2. The lowest BCUT2D eigenvalue weighted by Gasteiger charge is -2.43. The Balaban J connectivity index is 1.64. The second-order valence-corrected chi connectivity index (χ2v) is 5.75. The third-order valence-corrected chi connectivity index (χ3v) is 4.50. The van der Waals surface area contributed by atoms with Crippen molar-refractivity contribution >= 4 is 0 Å². The number of benzene rings is 1. The van der Waals surface area contributed by atoms with Gasteiger partial charge in [0.05, 0.1) is 0 Å². The Kier molecular flexibility index (Phi) is 3.37. The quantitative estimate of drug-likeness (QED) is 0.859. The van der Waals surface area contributed by atoms with E-state index in [1.807, 2.05) is 0 Å². The fraction of sp³-hybridized carbons (Fsp3) is 0.600. The molecule has 0 aromatic heterocycles. The molecule has 0 bridgehead atoms. The first kappa shape index (κ1) is 12.2. The van der Waals surface area contributed by atoms with E-state index in [2.05, 4.69) is 41.1 Å². The van der Waals surface area contributed by atoms with E-state index in [1.54, 1.807) is 11.1 Å². The number of fused-ring (bicyclic) bond motifs is 1. The van der Waals surface area contributed by atoms with Gasteiger partial charge in [-0.3, -0.25) is 4.90 Å². The Hall–Kier alpha value is -0.900. The third kappa shape index (κ3) is 2.18. The van der Waals surface area contributed by atoms with E-state index >= 15 is 0 Å². The van der Waals surface area contributed by atoms with E-state index in [0.717, 1.165) is 25.6 Å². The van der Waals surface area contributed by atoms with E-state index in [4.69, 9.17) is 5.73 Å². The van der Waals surface area contributed by atoms with Crippen molar-refractivity contribution in [2.75, 3.05) is 39.8 Å². The fourth-order valence-corrected chi connectivity index (χ4v) is 3.32. The van der Waals surface area contributed by atoms with Crippen LogP contribution in [0.3, 0.4) is 0 Å². The van der Waals surface area contributed by atoms with Crippen molar-refractivity contribution in [2.24, 2.45) is 5.73 Å². The maximum Gasteiger partial charge on any atom is 0.0346 e. The Morgan fingerprint density at radius 1 is 1.28 bits per heavy atom. The Morgan fingerprint density at radius 2 is 2.11 bits per heavy atom. The molecule has 98 valence electrons. The zero-order valence-electron chi connectivity index (χ0n) is 11.2. The molecule has 2 aliphatic rings. The van der Waals surface area contributed by atoms with Crippen molar-refractivity contribution in [3.05, 3.63) is 35.4 Å². The van der Waals surface area contributed by atoms with Gasteiger partial charge in [-0.2, -0.15) is 0 Å². The normalized spacial score (nSPS) is 28.8. The lowest BCUT2D eigenvalue weighted by Crippen LogP contribution is -2.56. The molecule has 2 unspecified atom stereocenters. The van der Waals surface area contributed by atoms with Crippen LogP contribution in [0, 0.1) is 0 Å². The van der Waals surface area contributed by atoms with Crippen molar-refractivity contribution < 1.29 is 0 Å². The summed E-state index contributed by atoms with van der Waals surface area (Å²) < 4.78 is 0. The van der Waals surface area contributed by atoms with Gasteiger partial charge in [0.2, 0.25) is 0 Å². The zero-order chi connectivity index (χ0) is 12.5. The topological polar surface area (TPSA) is 32.5 Å². The predicted octanol–water partition coefficient (Wildman–Crippen LogP) is 0.901. The summed E-state index contributed by atoms with van der Waals surface area (Å²) in [6.07, 6.45) is 1.25. The maximum atomic E-state index is 5.92. The van der Waals surface area contributed by atoms with Crippen LogP contribution in [0.25, 0.3) is 0 Å². The summed E-state index contributed by atoms with van der Waals surface area (Å²) in [5.74, 6) is 0.735. The minimum atomic E-state index is 0.538. The molecule has 2 atom stereocenters. The van der Waals surface area contributed by atoms with Crippen LogP contribution in [-0.4, -0.2) is 55.6 Å². The summed E-state index contributed by atoms with van der Waals surface area (Å²) in [6, 6.07) is 9.40. The average Bonchev–Trinajstić information content (AvgIpc) is 2.37. The van der Waals surface area contributed by atoms with E-state index in [9.17, 15) is 0 Å². The first-order valence-electron chi connectivity index (χ1n) is 6.98.